The third-order valence-corrected chi connectivity index (χ3v) is 4.93. The molecule has 0 bridgehead atoms. The Hall–Kier alpha value is -3.06. The van der Waals surface area contributed by atoms with Crippen molar-refractivity contribution >= 4 is 16.9 Å². The Kier molecular flexibility index (Phi) is 4.68. The quantitative estimate of drug-likeness (QED) is 0.680. The number of amides is 1. The predicted molar refractivity (Wildman–Crippen MR) is 103 cm³/mol. The van der Waals surface area contributed by atoms with Crippen molar-refractivity contribution in [2.75, 3.05) is 27.2 Å². The predicted octanol–water partition coefficient (Wildman–Crippen LogP) is 2.82. The summed E-state index contributed by atoms with van der Waals surface area (Å²) in [7, 11) is 3.93. The van der Waals surface area contributed by atoms with Crippen LogP contribution in [0.4, 0.5) is 4.39 Å². The summed E-state index contributed by atoms with van der Waals surface area (Å²) in [6.07, 6.45) is 4.02. The van der Waals surface area contributed by atoms with Crippen molar-refractivity contribution in [1.82, 2.24) is 14.8 Å². The van der Waals surface area contributed by atoms with Crippen LogP contribution in [-0.4, -0.2) is 47.9 Å². The van der Waals surface area contributed by atoms with Gasteiger partial charge in [-0.1, -0.05) is 6.07 Å². The first-order chi connectivity index (χ1) is 13.5. The van der Waals surface area contributed by atoms with Crippen LogP contribution in [0.3, 0.4) is 0 Å². The number of carbonyl (C=O) groups is 1. The fraction of sp³-hybridized carbons (Fsp3) is 0.286. The SMILES string of the molecule is CN(C)CCCN1C(=O)c2oc3ccc(F)cc3c(=O)c2[C@@H]1c1cccnc1. The summed E-state index contributed by atoms with van der Waals surface area (Å²) >= 11 is 0. The Morgan fingerprint density at radius 1 is 1.25 bits per heavy atom. The van der Waals surface area contributed by atoms with Gasteiger partial charge in [0.25, 0.3) is 5.91 Å². The van der Waals surface area contributed by atoms with E-state index >= 15 is 0 Å². The van der Waals surface area contributed by atoms with Gasteiger partial charge in [-0.25, -0.2) is 4.39 Å². The minimum atomic E-state index is -0.595. The van der Waals surface area contributed by atoms with Gasteiger partial charge in [-0.05, 0) is 56.9 Å². The average Bonchev–Trinajstić information content (AvgIpc) is 2.95. The van der Waals surface area contributed by atoms with Gasteiger partial charge in [-0.3, -0.25) is 14.6 Å². The summed E-state index contributed by atoms with van der Waals surface area (Å²) in [6.45, 7) is 1.26. The van der Waals surface area contributed by atoms with Crippen molar-refractivity contribution in [2.45, 2.75) is 12.5 Å². The molecule has 3 heterocycles. The van der Waals surface area contributed by atoms with Crippen LogP contribution >= 0.6 is 0 Å². The maximum atomic E-state index is 13.7. The number of aromatic nitrogens is 1. The van der Waals surface area contributed by atoms with E-state index in [2.05, 4.69) is 4.98 Å². The molecule has 1 aliphatic heterocycles. The first-order valence-corrected chi connectivity index (χ1v) is 9.09. The van der Waals surface area contributed by atoms with Crippen molar-refractivity contribution in [1.29, 1.82) is 0 Å². The number of carbonyl (C=O) groups excluding carboxylic acids is 1. The fourth-order valence-corrected chi connectivity index (χ4v) is 3.66. The van der Waals surface area contributed by atoms with Gasteiger partial charge in [-0.15, -0.1) is 0 Å². The van der Waals surface area contributed by atoms with Crippen molar-refractivity contribution < 1.29 is 13.6 Å². The second-order valence-corrected chi connectivity index (χ2v) is 7.16. The number of pyridine rings is 1. The molecule has 0 saturated heterocycles. The number of hydrogen-bond acceptors (Lipinski definition) is 5. The van der Waals surface area contributed by atoms with Gasteiger partial charge in [0.2, 0.25) is 5.76 Å². The van der Waals surface area contributed by atoms with Crippen molar-refractivity contribution in [3.63, 3.8) is 0 Å². The number of rotatable bonds is 5. The highest BCUT2D eigenvalue weighted by atomic mass is 19.1. The second kappa shape index (κ2) is 7.16. The van der Waals surface area contributed by atoms with Crippen molar-refractivity contribution in [3.05, 3.63) is 75.7 Å². The van der Waals surface area contributed by atoms with Crippen molar-refractivity contribution in [2.24, 2.45) is 0 Å². The highest BCUT2D eigenvalue weighted by Crippen LogP contribution is 2.37. The monoisotopic (exact) mass is 381 g/mol. The number of nitrogens with zero attached hydrogens (tertiary/aromatic N) is 3. The minimum Gasteiger partial charge on any atom is -0.450 e. The molecular formula is C21H20FN3O3. The molecule has 0 spiro atoms. The van der Waals surface area contributed by atoms with Crippen LogP contribution in [0, 0.1) is 5.82 Å². The molecule has 28 heavy (non-hydrogen) atoms. The topological polar surface area (TPSA) is 66.7 Å². The molecular weight excluding hydrogens is 361 g/mol. The maximum absolute atomic E-state index is 13.7. The number of hydrogen-bond donors (Lipinski definition) is 0. The van der Waals surface area contributed by atoms with Crippen LogP contribution in [0.5, 0.6) is 0 Å². The smallest absolute Gasteiger partial charge is 0.290 e. The van der Waals surface area contributed by atoms with Crippen LogP contribution in [0.25, 0.3) is 11.0 Å². The average molecular weight is 381 g/mol. The second-order valence-electron chi connectivity index (χ2n) is 7.16. The highest BCUT2D eigenvalue weighted by Gasteiger charge is 2.42. The molecule has 0 N–H and O–H groups in total. The number of fused-ring (bicyclic) bond motifs is 2. The minimum absolute atomic E-state index is 0.0304. The normalized spacial score (nSPS) is 16.2. The van der Waals surface area contributed by atoms with Crippen LogP contribution in [-0.2, 0) is 0 Å². The Morgan fingerprint density at radius 3 is 2.79 bits per heavy atom. The van der Waals surface area contributed by atoms with Gasteiger partial charge in [0.15, 0.2) is 5.43 Å². The Balaban J connectivity index is 1.88. The molecule has 4 rings (SSSR count). The molecule has 6 nitrogen and oxygen atoms in total. The number of benzene rings is 1. The molecule has 3 aromatic rings. The van der Waals surface area contributed by atoms with Crippen LogP contribution in [0.2, 0.25) is 0 Å². The third kappa shape index (κ3) is 3.07. The lowest BCUT2D eigenvalue weighted by atomic mass is 10.00. The lowest BCUT2D eigenvalue weighted by Crippen LogP contribution is -2.32. The van der Waals surface area contributed by atoms with Gasteiger partial charge in [0.05, 0.1) is 17.0 Å². The Morgan fingerprint density at radius 2 is 2.07 bits per heavy atom. The zero-order valence-electron chi connectivity index (χ0n) is 15.7. The van der Waals surface area contributed by atoms with E-state index in [0.29, 0.717) is 6.54 Å². The van der Waals surface area contributed by atoms with Gasteiger partial charge < -0.3 is 14.2 Å². The largest absolute Gasteiger partial charge is 0.450 e. The van der Waals surface area contributed by atoms with E-state index in [1.807, 2.05) is 25.1 Å². The molecule has 0 saturated carbocycles. The van der Waals surface area contributed by atoms with E-state index in [-0.39, 0.29) is 33.6 Å². The van der Waals surface area contributed by atoms with Crippen LogP contribution in [0.15, 0.2) is 51.9 Å². The first-order valence-electron chi connectivity index (χ1n) is 9.09. The molecule has 1 amide bonds. The molecule has 0 radical (unpaired) electrons. The highest BCUT2D eigenvalue weighted by molar-refractivity contribution is 5.99. The Bertz CT molecular complexity index is 1100. The summed E-state index contributed by atoms with van der Waals surface area (Å²) in [5.74, 6) is -0.821. The zero-order valence-corrected chi connectivity index (χ0v) is 15.7. The van der Waals surface area contributed by atoms with E-state index in [4.69, 9.17) is 4.42 Å². The van der Waals surface area contributed by atoms with Crippen LogP contribution < -0.4 is 5.43 Å². The first kappa shape index (κ1) is 18.3. The number of halogens is 1. The molecule has 2 aromatic heterocycles. The molecule has 144 valence electrons. The van der Waals surface area contributed by atoms with Gasteiger partial charge in [0, 0.05) is 18.9 Å². The molecule has 7 heteroatoms. The zero-order chi connectivity index (χ0) is 19.8. The molecule has 0 unspecified atom stereocenters. The summed E-state index contributed by atoms with van der Waals surface area (Å²) < 4.78 is 19.5. The van der Waals surface area contributed by atoms with Gasteiger partial charge in [0.1, 0.15) is 11.4 Å². The van der Waals surface area contributed by atoms with E-state index in [9.17, 15) is 14.0 Å². The van der Waals surface area contributed by atoms with Gasteiger partial charge in [-0.2, -0.15) is 0 Å². The summed E-state index contributed by atoms with van der Waals surface area (Å²) in [5.41, 5.74) is 0.801. The van der Waals surface area contributed by atoms with E-state index in [0.717, 1.165) is 24.6 Å². The van der Waals surface area contributed by atoms with Crippen molar-refractivity contribution in [3.8, 4) is 0 Å². The van der Waals surface area contributed by atoms with Crippen LogP contribution in [0.1, 0.15) is 34.1 Å². The van der Waals surface area contributed by atoms with Gasteiger partial charge >= 0.3 is 0 Å². The summed E-state index contributed by atoms with van der Waals surface area (Å²) in [4.78, 5) is 34.1. The fourth-order valence-electron chi connectivity index (χ4n) is 3.66. The maximum Gasteiger partial charge on any atom is 0.290 e. The molecule has 1 atom stereocenters. The molecule has 0 aliphatic carbocycles. The Labute approximate surface area is 161 Å². The van der Waals surface area contributed by atoms with E-state index in [1.54, 1.807) is 23.4 Å². The van der Waals surface area contributed by atoms with E-state index < -0.39 is 11.9 Å². The molecule has 0 fully saturated rings. The standard InChI is InChI=1S/C21H20FN3O3/c1-24(2)9-4-10-25-18(13-5-3-8-23-12-13)17-19(26)15-11-14(22)6-7-16(15)28-20(17)21(25)27/h3,5-8,11-12,18H,4,9-10H2,1-2H3/t18-/m0/s1. The van der Waals surface area contributed by atoms with E-state index in [1.165, 1.54) is 12.1 Å². The lowest BCUT2D eigenvalue weighted by Gasteiger charge is -2.25. The molecule has 1 aromatic carbocycles. The summed E-state index contributed by atoms with van der Waals surface area (Å²) in [5, 5.41) is 0.135. The summed E-state index contributed by atoms with van der Waals surface area (Å²) in [6, 6.07) is 6.74. The lowest BCUT2D eigenvalue weighted by molar-refractivity contribution is 0.0722. The molecule has 1 aliphatic rings. The third-order valence-electron chi connectivity index (χ3n) is 4.93.